The van der Waals surface area contributed by atoms with Crippen molar-refractivity contribution in [2.24, 2.45) is 0 Å². The molecule has 0 aliphatic heterocycles. The van der Waals surface area contributed by atoms with E-state index in [1.165, 1.54) is 0 Å². The number of para-hydroxylation sites is 2. The Kier molecular flexibility index (Phi) is 3.29. The van der Waals surface area contributed by atoms with Crippen LogP contribution in [0.4, 0.5) is 0 Å². The number of carbonyl (C=O) groups is 1. The third kappa shape index (κ3) is 2.20. The average Bonchev–Trinajstić information content (AvgIpc) is 2.84. The maximum absolute atomic E-state index is 10.8. The molecule has 2 aromatic heterocycles. The maximum Gasteiger partial charge on any atom is 0.151 e. The van der Waals surface area contributed by atoms with Crippen LogP contribution >= 0.6 is 0 Å². The highest BCUT2D eigenvalue weighted by atomic mass is 16.1. The molecule has 100 valence electrons. The Morgan fingerprint density at radius 1 is 1.25 bits per heavy atom. The van der Waals surface area contributed by atoms with E-state index in [0.29, 0.717) is 12.0 Å². The summed E-state index contributed by atoms with van der Waals surface area (Å²) in [5.41, 5.74) is 3.75. The molecular weight excluding hydrogens is 250 g/mol. The van der Waals surface area contributed by atoms with Crippen molar-refractivity contribution in [3.8, 4) is 0 Å². The molecule has 0 unspecified atom stereocenters. The molecular formula is C16H15N3O. The first-order valence-electron chi connectivity index (χ1n) is 6.65. The molecule has 1 aromatic carbocycles. The Morgan fingerprint density at radius 3 is 2.90 bits per heavy atom. The number of hydrogen-bond donors (Lipinski definition) is 0. The zero-order chi connectivity index (χ0) is 13.9. The third-order valence-electron chi connectivity index (χ3n) is 3.36. The molecule has 0 radical (unpaired) electrons. The van der Waals surface area contributed by atoms with Crippen LogP contribution in [0.3, 0.4) is 0 Å². The number of pyridine rings is 1. The topological polar surface area (TPSA) is 47.8 Å². The first-order valence-corrected chi connectivity index (χ1v) is 6.65. The van der Waals surface area contributed by atoms with E-state index in [9.17, 15) is 4.79 Å². The molecule has 4 heteroatoms. The largest absolute Gasteiger partial charge is 0.328 e. The van der Waals surface area contributed by atoms with Crippen LogP contribution in [0.15, 0.2) is 42.7 Å². The van der Waals surface area contributed by atoms with Gasteiger partial charge in [0.1, 0.15) is 5.82 Å². The zero-order valence-corrected chi connectivity index (χ0v) is 11.3. The second-order valence-electron chi connectivity index (χ2n) is 4.68. The summed E-state index contributed by atoms with van der Waals surface area (Å²) in [7, 11) is 0. The summed E-state index contributed by atoms with van der Waals surface area (Å²) in [5, 5.41) is 0. The van der Waals surface area contributed by atoms with Gasteiger partial charge >= 0.3 is 0 Å². The summed E-state index contributed by atoms with van der Waals surface area (Å²) in [5.74, 6) is 0.999. The van der Waals surface area contributed by atoms with E-state index < -0.39 is 0 Å². The fraction of sp³-hybridized carbons (Fsp3) is 0.188. The zero-order valence-electron chi connectivity index (χ0n) is 11.3. The molecule has 20 heavy (non-hydrogen) atoms. The fourth-order valence-electron chi connectivity index (χ4n) is 2.46. The van der Waals surface area contributed by atoms with Gasteiger partial charge in [-0.2, -0.15) is 0 Å². The molecule has 0 aliphatic carbocycles. The Hall–Kier alpha value is -2.49. The van der Waals surface area contributed by atoms with Gasteiger partial charge < -0.3 is 4.57 Å². The Labute approximate surface area is 117 Å². The minimum Gasteiger partial charge on any atom is -0.328 e. The van der Waals surface area contributed by atoms with Crippen LogP contribution in [0.25, 0.3) is 11.0 Å². The van der Waals surface area contributed by atoms with Crippen molar-refractivity contribution >= 4 is 17.3 Å². The highest BCUT2D eigenvalue weighted by Crippen LogP contribution is 2.18. The molecule has 0 N–H and O–H groups in total. The van der Waals surface area contributed by atoms with Crippen LogP contribution in [-0.2, 0) is 13.0 Å². The van der Waals surface area contributed by atoms with Gasteiger partial charge in [0.25, 0.3) is 0 Å². The van der Waals surface area contributed by atoms with E-state index in [4.69, 9.17) is 0 Å². The number of nitrogens with zero attached hydrogens (tertiary/aromatic N) is 3. The number of carbonyl (C=O) groups excluding carboxylic acids is 1. The summed E-state index contributed by atoms with van der Waals surface area (Å²) >= 11 is 0. The van der Waals surface area contributed by atoms with Gasteiger partial charge in [0.2, 0.25) is 0 Å². The van der Waals surface area contributed by atoms with Crippen LogP contribution in [0.2, 0.25) is 0 Å². The second-order valence-corrected chi connectivity index (χ2v) is 4.68. The number of fused-ring (bicyclic) bond motifs is 1. The molecule has 0 fully saturated rings. The first kappa shape index (κ1) is 12.5. The number of benzene rings is 1. The summed E-state index contributed by atoms with van der Waals surface area (Å²) in [4.78, 5) is 19.6. The van der Waals surface area contributed by atoms with Crippen LogP contribution in [0, 0.1) is 0 Å². The molecule has 3 aromatic rings. The van der Waals surface area contributed by atoms with Crippen molar-refractivity contribution in [2.45, 2.75) is 19.9 Å². The minimum atomic E-state index is 0.599. The minimum absolute atomic E-state index is 0.599. The average molecular weight is 265 g/mol. The van der Waals surface area contributed by atoms with E-state index in [0.717, 1.165) is 35.3 Å². The molecule has 0 bridgehead atoms. The summed E-state index contributed by atoms with van der Waals surface area (Å²) in [6.07, 6.45) is 4.85. The van der Waals surface area contributed by atoms with Gasteiger partial charge in [-0.3, -0.25) is 9.78 Å². The smallest absolute Gasteiger partial charge is 0.151 e. The predicted molar refractivity (Wildman–Crippen MR) is 77.8 cm³/mol. The second kappa shape index (κ2) is 5.25. The monoisotopic (exact) mass is 265 g/mol. The van der Waals surface area contributed by atoms with E-state index in [-0.39, 0.29) is 0 Å². The summed E-state index contributed by atoms with van der Waals surface area (Å²) < 4.78 is 2.20. The van der Waals surface area contributed by atoms with E-state index in [1.807, 2.05) is 24.3 Å². The lowest BCUT2D eigenvalue weighted by Gasteiger charge is -2.06. The highest BCUT2D eigenvalue weighted by molar-refractivity contribution is 5.76. The molecule has 0 atom stereocenters. The van der Waals surface area contributed by atoms with Crippen molar-refractivity contribution in [1.29, 1.82) is 0 Å². The van der Waals surface area contributed by atoms with Gasteiger partial charge in [0.15, 0.2) is 6.29 Å². The van der Waals surface area contributed by atoms with Crippen molar-refractivity contribution in [1.82, 2.24) is 14.5 Å². The van der Waals surface area contributed by atoms with Crippen molar-refractivity contribution < 1.29 is 4.79 Å². The van der Waals surface area contributed by atoms with Gasteiger partial charge in [0.05, 0.1) is 11.0 Å². The molecule has 3 rings (SSSR count). The molecule has 0 amide bonds. The Balaban J connectivity index is 2.03. The fourth-order valence-corrected chi connectivity index (χ4v) is 2.46. The molecule has 0 saturated carbocycles. The van der Waals surface area contributed by atoms with Gasteiger partial charge in [-0.15, -0.1) is 0 Å². The maximum atomic E-state index is 10.8. The standard InChI is InChI=1S/C16H15N3O/c1-2-19-15-6-4-3-5-14(15)18-16(19)8-12-7-13(11-20)10-17-9-12/h3-7,9-11H,2,8H2,1H3. The SMILES string of the molecule is CCn1c(Cc2cncc(C=O)c2)nc2ccccc21. The van der Waals surface area contributed by atoms with E-state index in [1.54, 1.807) is 12.4 Å². The Morgan fingerprint density at radius 2 is 2.10 bits per heavy atom. The van der Waals surface area contributed by atoms with Crippen LogP contribution in [0.5, 0.6) is 0 Å². The van der Waals surface area contributed by atoms with E-state index in [2.05, 4.69) is 27.5 Å². The summed E-state index contributed by atoms with van der Waals surface area (Å²) in [6, 6.07) is 9.97. The van der Waals surface area contributed by atoms with Gasteiger partial charge in [-0.05, 0) is 30.7 Å². The molecule has 4 nitrogen and oxygen atoms in total. The Bertz CT molecular complexity index is 761. The quantitative estimate of drug-likeness (QED) is 0.681. The lowest BCUT2D eigenvalue weighted by atomic mass is 10.1. The highest BCUT2D eigenvalue weighted by Gasteiger charge is 2.10. The van der Waals surface area contributed by atoms with Crippen LogP contribution in [0.1, 0.15) is 28.7 Å². The predicted octanol–water partition coefficient (Wildman–Crippen LogP) is 2.85. The number of imidazole rings is 1. The lowest BCUT2D eigenvalue weighted by molar-refractivity contribution is 0.112. The lowest BCUT2D eigenvalue weighted by Crippen LogP contribution is -2.03. The number of aryl methyl sites for hydroxylation is 1. The number of aromatic nitrogens is 3. The first-order chi connectivity index (χ1) is 9.81. The van der Waals surface area contributed by atoms with Gasteiger partial charge in [-0.25, -0.2) is 4.98 Å². The third-order valence-corrected chi connectivity index (χ3v) is 3.36. The van der Waals surface area contributed by atoms with Crippen molar-refractivity contribution in [3.63, 3.8) is 0 Å². The van der Waals surface area contributed by atoms with Crippen molar-refractivity contribution in [3.05, 3.63) is 59.7 Å². The van der Waals surface area contributed by atoms with Gasteiger partial charge in [0, 0.05) is 30.9 Å². The molecule has 0 saturated heterocycles. The van der Waals surface area contributed by atoms with E-state index >= 15 is 0 Å². The number of aldehydes is 1. The number of hydrogen-bond acceptors (Lipinski definition) is 3. The molecule has 0 aliphatic rings. The van der Waals surface area contributed by atoms with Gasteiger partial charge in [-0.1, -0.05) is 12.1 Å². The van der Waals surface area contributed by atoms with Crippen molar-refractivity contribution in [2.75, 3.05) is 0 Å². The molecule has 2 heterocycles. The van der Waals surface area contributed by atoms with Crippen LogP contribution in [-0.4, -0.2) is 20.8 Å². The molecule has 0 spiro atoms. The summed E-state index contributed by atoms with van der Waals surface area (Å²) in [6.45, 7) is 2.98. The number of rotatable bonds is 4. The van der Waals surface area contributed by atoms with Crippen LogP contribution < -0.4 is 0 Å². The normalized spacial score (nSPS) is 10.8.